The number of hydrogen-bond donors (Lipinski definition) is 2. The SMILES string of the molecule is CCn1cc(NC(=O)c2ccc(Cl)cc2Cl)c(C(=O)NCc2ccco2)n1. The molecule has 2 N–H and O–H groups in total. The molecular formula is C18H16Cl2N4O3. The van der Waals surface area contributed by atoms with Gasteiger partial charge in [0.25, 0.3) is 11.8 Å². The molecule has 0 fully saturated rings. The summed E-state index contributed by atoms with van der Waals surface area (Å²) in [6.45, 7) is 2.62. The second kappa shape index (κ2) is 8.28. The van der Waals surface area contributed by atoms with Crippen LogP contribution in [-0.2, 0) is 13.1 Å². The minimum absolute atomic E-state index is 0.0989. The van der Waals surface area contributed by atoms with Crippen molar-refractivity contribution in [3.05, 3.63) is 69.9 Å². The second-order valence-corrected chi connectivity index (χ2v) is 6.43. The molecule has 7 nitrogen and oxygen atoms in total. The molecule has 1 aromatic carbocycles. The smallest absolute Gasteiger partial charge is 0.274 e. The van der Waals surface area contributed by atoms with Crippen LogP contribution < -0.4 is 10.6 Å². The summed E-state index contributed by atoms with van der Waals surface area (Å²) < 4.78 is 6.74. The van der Waals surface area contributed by atoms with E-state index in [2.05, 4.69) is 15.7 Å². The van der Waals surface area contributed by atoms with Crippen molar-refractivity contribution in [1.29, 1.82) is 0 Å². The number of aromatic nitrogens is 2. The molecule has 0 bridgehead atoms. The number of carbonyl (C=O) groups is 2. The van der Waals surface area contributed by atoms with E-state index in [9.17, 15) is 9.59 Å². The van der Waals surface area contributed by atoms with E-state index in [0.717, 1.165) is 0 Å². The summed E-state index contributed by atoms with van der Waals surface area (Å²) in [4.78, 5) is 25.0. The number of anilines is 1. The number of halogens is 2. The average molecular weight is 407 g/mol. The van der Waals surface area contributed by atoms with Gasteiger partial charge in [0.1, 0.15) is 5.76 Å². The third-order valence-electron chi connectivity index (χ3n) is 3.73. The molecule has 2 amide bonds. The number of aryl methyl sites for hydroxylation is 1. The Bertz CT molecular complexity index is 967. The van der Waals surface area contributed by atoms with Crippen LogP contribution in [0.5, 0.6) is 0 Å². The van der Waals surface area contributed by atoms with Crippen molar-refractivity contribution in [2.24, 2.45) is 0 Å². The van der Waals surface area contributed by atoms with E-state index < -0.39 is 11.8 Å². The molecule has 27 heavy (non-hydrogen) atoms. The van der Waals surface area contributed by atoms with Crippen molar-refractivity contribution in [3.8, 4) is 0 Å². The lowest BCUT2D eigenvalue weighted by molar-refractivity contribution is 0.0943. The van der Waals surface area contributed by atoms with Gasteiger partial charge in [-0.05, 0) is 37.3 Å². The van der Waals surface area contributed by atoms with Crippen LogP contribution in [0.1, 0.15) is 33.5 Å². The Kier molecular flexibility index (Phi) is 5.83. The van der Waals surface area contributed by atoms with Crippen molar-refractivity contribution < 1.29 is 14.0 Å². The maximum atomic E-state index is 12.5. The largest absolute Gasteiger partial charge is 0.467 e. The molecule has 0 atom stereocenters. The fourth-order valence-corrected chi connectivity index (χ4v) is 2.86. The number of benzene rings is 1. The lowest BCUT2D eigenvalue weighted by atomic mass is 10.2. The Morgan fingerprint density at radius 1 is 1.22 bits per heavy atom. The van der Waals surface area contributed by atoms with E-state index in [1.807, 2.05) is 6.92 Å². The summed E-state index contributed by atoms with van der Waals surface area (Å²) in [6, 6.07) is 8.03. The molecule has 0 saturated heterocycles. The number of hydrogen-bond acceptors (Lipinski definition) is 4. The van der Waals surface area contributed by atoms with E-state index in [4.69, 9.17) is 27.6 Å². The van der Waals surface area contributed by atoms with Gasteiger partial charge < -0.3 is 15.1 Å². The minimum atomic E-state index is -0.465. The van der Waals surface area contributed by atoms with E-state index in [1.165, 1.54) is 18.4 Å². The number of nitrogens with zero attached hydrogens (tertiary/aromatic N) is 2. The topological polar surface area (TPSA) is 89.2 Å². The first kappa shape index (κ1) is 19.0. The average Bonchev–Trinajstić information content (AvgIpc) is 3.29. The Morgan fingerprint density at radius 3 is 2.70 bits per heavy atom. The summed E-state index contributed by atoms with van der Waals surface area (Å²) in [6.07, 6.45) is 3.11. The Morgan fingerprint density at radius 2 is 2.04 bits per heavy atom. The number of furan rings is 1. The third-order valence-corrected chi connectivity index (χ3v) is 4.28. The van der Waals surface area contributed by atoms with Crippen LogP contribution in [0.4, 0.5) is 5.69 Å². The normalized spacial score (nSPS) is 10.6. The predicted molar refractivity (Wildman–Crippen MR) is 102 cm³/mol. The zero-order chi connectivity index (χ0) is 19.4. The molecule has 0 aliphatic carbocycles. The lowest BCUT2D eigenvalue weighted by Crippen LogP contribution is -2.25. The number of nitrogens with one attached hydrogen (secondary N) is 2. The van der Waals surface area contributed by atoms with Gasteiger partial charge in [-0.1, -0.05) is 23.2 Å². The van der Waals surface area contributed by atoms with Crippen molar-refractivity contribution in [2.75, 3.05) is 5.32 Å². The second-order valence-electron chi connectivity index (χ2n) is 5.59. The molecule has 0 radical (unpaired) electrons. The fraction of sp³-hybridized carbons (Fsp3) is 0.167. The van der Waals surface area contributed by atoms with Crippen LogP contribution in [0.2, 0.25) is 10.0 Å². The fourth-order valence-electron chi connectivity index (χ4n) is 2.37. The number of carbonyl (C=O) groups excluding carboxylic acids is 2. The molecule has 0 unspecified atom stereocenters. The van der Waals surface area contributed by atoms with E-state index in [1.54, 1.807) is 29.1 Å². The summed E-state index contributed by atoms with van der Waals surface area (Å²) in [7, 11) is 0. The standard InChI is InChI=1S/C18H16Cl2N4O3/c1-2-24-10-15(22-17(25)13-6-5-11(19)8-14(13)20)16(23-24)18(26)21-9-12-4-3-7-27-12/h3-8,10H,2,9H2,1H3,(H,21,26)(H,22,25). The Hall–Kier alpha value is -2.77. The summed E-state index contributed by atoms with van der Waals surface area (Å²) in [5, 5.41) is 10.2. The molecule has 3 rings (SSSR count). The van der Waals surface area contributed by atoms with Crippen molar-refractivity contribution >= 4 is 40.7 Å². The first-order valence-corrected chi connectivity index (χ1v) is 8.88. The molecule has 2 aromatic heterocycles. The maximum Gasteiger partial charge on any atom is 0.274 e. The van der Waals surface area contributed by atoms with E-state index in [-0.39, 0.29) is 28.5 Å². The van der Waals surface area contributed by atoms with Gasteiger partial charge in [-0.15, -0.1) is 0 Å². The zero-order valence-electron chi connectivity index (χ0n) is 14.3. The van der Waals surface area contributed by atoms with Crippen LogP contribution >= 0.6 is 23.2 Å². The van der Waals surface area contributed by atoms with Gasteiger partial charge in [0, 0.05) is 17.8 Å². The van der Waals surface area contributed by atoms with Crippen LogP contribution in [0.3, 0.4) is 0 Å². The molecule has 0 saturated carbocycles. The van der Waals surface area contributed by atoms with Gasteiger partial charge in [-0.3, -0.25) is 14.3 Å². The highest BCUT2D eigenvalue weighted by molar-refractivity contribution is 6.37. The molecular weight excluding hydrogens is 391 g/mol. The summed E-state index contributed by atoms with van der Waals surface area (Å²) >= 11 is 11.9. The number of rotatable bonds is 6. The predicted octanol–water partition coefficient (Wildman–Crippen LogP) is 3.99. The zero-order valence-corrected chi connectivity index (χ0v) is 15.8. The van der Waals surface area contributed by atoms with E-state index in [0.29, 0.717) is 17.3 Å². The van der Waals surface area contributed by atoms with Crippen LogP contribution in [0.15, 0.2) is 47.2 Å². The first-order chi connectivity index (χ1) is 13.0. The molecule has 0 aliphatic heterocycles. The monoisotopic (exact) mass is 406 g/mol. The van der Waals surface area contributed by atoms with Gasteiger partial charge in [-0.2, -0.15) is 5.10 Å². The van der Waals surface area contributed by atoms with Gasteiger partial charge in [0.05, 0.1) is 29.1 Å². The molecule has 9 heteroatoms. The molecule has 2 heterocycles. The minimum Gasteiger partial charge on any atom is -0.467 e. The summed E-state index contributed by atoms with van der Waals surface area (Å²) in [5.41, 5.74) is 0.624. The van der Waals surface area contributed by atoms with Gasteiger partial charge in [-0.25, -0.2) is 0 Å². The van der Waals surface area contributed by atoms with Crippen LogP contribution in [-0.4, -0.2) is 21.6 Å². The van der Waals surface area contributed by atoms with E-state index >= 15 is 0 Å². The highest BCUT2D eigenvalue weighted by Gasteiger charge is 2.20. The molecule has 0 spiro atoms. The molecule has 3 aromatic rings. The Labute approximate surface area is 165 Å². The van der Waals surface area contributed by atoms with Crippen molar-refractivity contribution in [2.45, 2.75) is 20.0 Å². The van der Waals surface area contributed by atoms with Gasteiger partial charge in [0.2, 0.25) is 0 Å². The summed E-state index contributed by atoms with van der Waals surface area (Å²) in [5.74, 6) is -0.291. The van der Waals surface area contributed by atoms with Gasteiger partial charge in [0.15, 0.2) is 5.69 Å². The molecule has 140 valence electrons. The Balaban J connectivity index is 1.79. The number of amides is 2. The third kappa shape index (κ3) is 4.50. The lowest BCUT2D eigenvalue weighted by Gasteiger charge is -2.07. The maximum absolute atomic E-state index is 12.5. The highest BCUT2D eigenvalue weighted by Crippen LogP contribution is 2.23. The quantitative estimate of drug-likeness (QED) is 0.647. The highest BCUT2D eigenvalue weighted by atomic mass is 35.5. The van der Waals surface area contributed by atoms with Crippen molar-refractivity contribution in [3.63, 3.8) is 0 Å². The van der Waals surface area contributed by atoms with Crippen molar-refractivity contribution in [1.82, 2.24) is 15.1 Å². The molecule has 0 aliphatic rings. The van der Waals surface area contributed by atoms with Crippen LogP contribution in [0, 0.1) is 0 Å². The van der Waals surface area contributed by atoms with Crippen LogP contribution in [0.25, 0.3) is 0 Å². The first-order valence-electron chi connectivity index (χ1n) is 8.12. The van der Waals surface area contributed by atoms with Gasteiger partial charge >= 0.3 is 0 Å².